The van der Waals surface area contributed by atoms with Crippen LogP contribution < -0.4 is 27.0 Å². The van der Waals surface area contributed by atoms with Crippen molar-refractivity contribution < 1.29 is 46.7 Å². The Morgan fingerprint density at radius 3 is 2.21 bits per heavy atom. The van der Waals surface area contributed by atoms with Crippen molar-refractivity contribution in [1.82, 2.24) is 21.3 Å². The van der Waals surface area contributed by atoms with Gasteiger partial charge in [-0.05, 0) is 62.6 Å². The van der Waals surface area contributed by atoms with Gasteiger partial charge in [0, 0.05) is 35.9 Å². The molecule has 7 N–H and O–H groups in total. The Morgan fingerprint density at radius 2 is 1.55 bits per heavy atom. The molecule has 3 saturated carbocycles. The third kappa shape index (κ3) is 10.4. The van der Waals surface area contributed by atoms with Gasteiger partial charge in [0.15, 0.2) is 5.76 Å². The third-order valence-corrected chi connectivity index (χ3v) is 10.3. The predicted octanol–water partition coefficient (Wildman–Crippen LogP) is 4.51. The summed E-state index contributed by atoms with van der Waals surface area (Å²) in [5.74, 6) is -3.92. The number of amides is 4. The largest absolute Gasteiger partial charge is 0.490 e. The van der Waals surface area contributed by atoms with E-state index in [9.17, 15) is 32.3 Å². The normalized spacial score (nSPS) is 22.9. The molecule has 6 rings (SSSR count). The first kappa shape index (κ1) is 39.3. The number of carbonyl (C=O) groups excluding carboxylic acids is 4. The summed E-state index contributed by atoms with van der Waals surface area (Å²) >= 11 is 0. The van der Waals surface area contributed by atoms with Gasteiger partial charge in [0.25, 0.3) is 5.91 Å². The Balaban J connectivity index is 0.000000705. The molecule has 3 fully saturated rings. The summed E-state index contributed by atoms with van der Waals surface area (Å²) in [6.07, 6.45) is 3.61. The topological polar surface area (TPSA) is 193 Å². The van der Waals surface area contributed by atoms with Crippen LogP contribution in [0.15, 0.2) is 65.1 Å². The fourth-order valence-electron chi connectivity index (χ4n) is 7.41. The second-order valence-corrected chi connectivity index (χ2v) is 14.2. The van der Waals surface area contributed by atoms with Crippen molar-refractivity contribution in [3.8, 4) is 0 Å². The average Bonchev–Trinajstić information content (AvgIpc) is 3.90. The van der Waals surface area contributed by atoms with Crippen LogP contribution in [0.25, 0.3) is 11.0 Å². The summed E-state index contributed by atoms with van der Waals surface area (Å²) in [5.41, 5.74) is 6.60. The van der Waals surface area contributed by atoms with Gasteiger partial charge in [-0.3, -0.25) is 19.2 Å². The van der Waals surface area contributed by atoms with Gasteiger partial charge in [-0.2, -0.15) is 13.2 Å². The first-order chi connectivity index (χ1) is 25.2. The molecule has 0 bridgehead atoms. The molecule has 1 heterocycles. The van der Waals surface area contributed by atoms with Crippen LogP contribution in [-0.4, -0.2) is 70.6 Å². The number of aliphatic carboxylic acids is 1. The van der Waals surface area contributed by atoms with E-state index >= 15 is 0 Å². The molecule has 53 heavy (non-hydrogen) atoms. The molecule has 0 saturated heterocycles. The number of furan rings is 1. The molecule has 3 aromatic rings. The Bertz CT molecular complexity index is 1730. The van der Waals surface area contributed by atoms with Crippen molar-refractivity contribution in [3.63, 3.8) is 0 Å². The van der Waals surface area contributed by atoms with E-state index in [0.29, 0.717) is 44.1 Å². The Hall–Kier alpha value is -4.92. The van der Waals surface area contributed by atoms with Crippen LogP contribution in [0.4, 0.5) is 13.2 Å². The number of nitrogens with one attached hydrogen (secondary N) is 4. The highest BCUT2D eigenvalue weighted by Gasteiger charge is 2.45. The number of alkyl halides is 3. The van der Waals surface area contributed by atoms with Crippen LogP contribution in [-0.2, 0) is 25.6 Å². The standard InChI is InChI=1S/C36H45N5O5.C2HF3O2/c37-27-13-5-6-14-28(27)39-32(42)25-16-17-26(21-25)38-33(43)29(20-23-10-2-1-3-11-23)40-35(45)36(18-8-9-19-36)41-34(44)31-22-24-12-4-7-15-30(24)46-31;3-2(4,5)1(6)7/h1-4,7,10-12,15,22,25-29H,5-6,8-9,13-14,16-21,37H2,(H,38,43)(H,39,42)(H,40,45)(H,41,44);(H,6,7)/t25-,26+,27+,28+,29-;/m1./s1. The van der Waals surface area contributed by atoms with Crippen molar-refractivity contribution in [2.24, 2.45) is 11.7 Å². The number of halogens is 3. The Morgan fingerprint density at radius 1 is 0.887 bits per heavy atom. The monoisotopic (exact) mass is 741 g/mol. The zero-order valence-electron chi connectivity index (χ0n) is 29.3. The maximum absolute atomic E-state index is 14.0. The SMILES string of the molecule is N[C@H]1CCCC[C@@H]1NC(=O)[C@@H]1CC[C@H](NC(=O)[C@@H](Cc2ccccc2)NC(=O)C2(NC(=O)c3cc4ccccc4o3)CCCC2)C1.O=C(O)C(F)(F)F. The maximum Gasteiger partial charge on any atom is 0.490 e. The minimum absolute atomic E-state index is 0.00981. The molecule has 5 atom stereocenters. The van der Waals surface area contributed by atoms with Crippen LogP contribution >= 0.6 is 0 Å². The van der Waals surface area contributed by atoms with Crippen molar-refractivity contribution in [1.29, 1.82) is 0 Å². The van der Waals surface area contributed by atoms with Gasteiger partial charge in [0.1, 0.15) is 17.2 Å². The fraction of sp³-hybridized carbons (Fsp3) is 0.500. The molecule has 0 aliphatic heterocycles. The van der Waals surface area contributed by atoms with Gasteiger partial charge in [-0.1, -0.05) is 74.2 Å². The summed E-state index contributed by atoms with van der Waals surface area (Å²) in [6.45, 7) is 0. The van der Waals surface area contributed by atoms with Gasteiger partial charge in [-0.15, -0.1) is 0 Å². The lowest BCUT2D eigenvalue weighted by Crippen LogP contribution is -2.61. The number of carboxylic acid groups (broad SMARTS) is 1. The number of rotatable bonds is 10. The van der Waals surface area contributed by atoms with Crippen molar-refractivity contribution in [3.05, 3.63) is 72.0 Å². The predicted molar refractivity (Wildman–Crippen MR) is 188 cm³/mol. The van der Waals surface area contributed by atoms with E-state index in [0.717, 1.165) is 49.5 Å². The summed E-state index contributed by atoms with van der Waals surface area (Å²) < 4.78 is 37.5. The van der Waals surface area contributed by atoms with E-state index in [-0.39, 0.29) is 47.5 Å². The number of nitrogens with two attached hydrogens (primary N) is 1. The minimum Gasteiger partial charge on any atom is -0.475 e. The number of fused-ring (bicyclic) bond motifs is 1. The number of carboxylic acids is 1. The van der Waals surface area contributed by atoms with E-state index in [4.69, 9.17) is 20.1 Å². The molecule has 0 spiro atoms. The van der Waals surface area contributed by atoms with Crippen molar-refractivity contribution >= 4 is 40.6 Å². The quantitative estimate of drug-likeness (QED) is 0.175. The molecule has 12 nitrogen and oxygen atoms in total. The van der Waals surface area contributed by atoms with Gasteiger partial charge < -0.3 is 36.5 Å². The molecule has 3 aliphatic rings. The van der Waals surface area contributed by atoms with Crippen LogP contribution in [0.2, 0.25) is 0 Å². The second kappa shape index (κ2) is 17.3. The molecule has 3 aliphatic carbocycles. The van der Waals surface area contributed by atoms with Crippen LogP contribution in [0.5, 0.6) is 0 Å². The lowest BCUT2D eigenvalue weighted by molar-refractivity contribution is -0.192. The zero-order valence-corrected chi connectivity index (χ0v) is 29.3. The molecule has 0 radical (unpaired) electrons. The van der Waals surface area contributed by atoms with E-state index in [1.807, 2.05) is 48.5 Å². The molecule has 4 amide bonds. The Labute approximate surface area is 304 Å². The molecule has 2 aromatic carbocycles. The molecular weight excluding hydrogens is 695 g/mol. The highest BCUT2D eigenvalue weighted by molar-refractivity contribution is 6.01. The minimum atomic E-state index is -5.08. The number of para-hydroxylation sites is 1. The second-order valence-electron chi connectivity index (χ2n) is 14.2. The smallest absolute Gasteiger partial charge is 0.475 e. The highest BCUT2D eigenvalue weighted by atomic mass is 19.4. The summed E-state index contributed by atoms with van der Waals surface area (Å²) in [4.78, 5) is 63.1. The van der Waals surface area contributed by atoms with E-state index < -0.39 is 29.6 Å². The molecule has 1 aromatic heterocycles. The summed E-state index contributed by atoms with van der Waals surface area (Å²) in [6, 6.07) is 17.6. The Kier molecular flexibility index (Phi) is 12.8. The van der Waals surface area contributed by atoms with Gasteiger partial charge in [-0.25, -0.2) is 4.79 Å². The first-order valence-corrected chi connectivity index (χ1v) is 18.1. The molecule has 286 valence electrons. The van der Waals surface area contributed by atoms with Crippen molar-refractivity contribution in [2.75, 3.05) is 0 Å². The van der Waals surface area contributed by atoms with Crippen molar-refractivity contribution in [2.45, 2.75) is 113 Å². The van der Waals surface area contributed by atoms with Gasteiger partial charge in [0.05, 0.1) is 0 Å². The molecule has 0 unspecified atom stereocenters. The van der Waals surface area contributed by atoms with Gasteiger partial charge in [0.2, 0.25) is 17.7 Å². The number of hydrogen-bond donors (Lipinski definition) is 6. The summed E-state index contributed by atoms with van der Waals surface area (Å²) in [5, 5.41) is 20.2. The van der Waals surface area contributed by atoms with Gasteiger partial charge >= 0.3 is 12.1 Å². The fourth-order valence-corrected chi connectivity index (χ4v) is 7.41. The number of carbonyl (C=O) groups is 5. The van der Waals surface area contributed by atoms with E-state index in [2.05, 4.69) is 21.3 Å². The number of hydrogen-bond acceptors (Lipinski definition) is 7. The zero-order chi connectivity index (χ0) is 38.2. The van der Waals surface area contributed by atoms with E-state index in [1.54, 1.807) is 12.1 Å². The lowest BCUT2D eigenvalue weighted by atomic mass is 9.90. The number of benzene rings is 2. The first-order valence-electron chi connectivity index (χ1n) is 18.1. The highest BCUT2D eigenvalue weighted by Crippen LogP contribution is 2.32. The summed E-state index contributed by atoms with van der Waals surface area (Å²) in [7, 11) is 0. The molecule has 15 heteroatoms. The third-order valence-electron chi connectivity index (χ3n) is 10.3. The van der Waals surface area contributed by atoms with Crippen LogP contribution in [0.3, 0.4) is 0 Å². The average molecular weight is 742 g/mol. The molecular formula is C38H46F3N5O7. The lowest BCUT2D eigenvalue weighted by Gasteiger charge is -2.31. The van der Waals surface area contributed by atoms with Crippen LogP contribution in [0, 0.1) is 5.92 Å². The maximum atomic E-state index is 14.0. The van der Waals surface area contributed by atoms with Crippen LogP contribution in [0.1, 0.15) is 86.7 Å². The van der Waals surface area contributed by atoms with E-state index in [1.165, 1.54) is 0 Å².